The number of carbonyl (C=O) groups is 1. The van der Waals surface area contributed by atoms with Crippen LogP contribution in [0.1, 0.15) is 53.4 Å². The topological polar surface area (TPSA) is 90.9 Å². The van der Waals surface area contributed by atoms with Crippen LogP contribution < -0.4 is 0 Å². The molecule has 2 aliphatic heterocycles. The van der Waals surface area contributed by atoms with E-state index in [4.69, 9.17) is 4.98 Å². The lowest BCUT2D eigenvalue weighted by Crippen LogP contribution is -2.61. The zero-order valence-electron chi connectivity index (χ0n) is 17.9. The van der Waals surface area contributed by atoms with E-state index in [0.29, 0.717) is 18.8 Å². The Labute approximate surface area is 181 Å². The lowest BCUT2D eigenvalue weighted by molar-refractivity contribution is 0.00135. The number of nitrogens with zero attached hydrogens (tertiary/aromatic N) is 6. The van der Waals surface area contributed by atoms with E-state index in [2.05, 4.69) is 63.2 Å². The Balaban J connectivity index is 1.37. The highest BCUT2D eigenvalue weighted by Crippen LogP contribution is 2.49. The van der Waals surface area contributed by atoms with Crippen molar-refractivity contribution < 1.29 is 4.79 Å². The molecule has 0 saturated carbocycles. The van der Waals surface area contributed by atoms with Gasteiger partial charge in [0.2, 0.25) is 0 Å². The average molecular weight is 418 g/mol. The molecule has 1 N–H and O–H groups in total. The molecule has 2 saturated heterocycles. The van der Waals surface area contributed by atoms with Gasteiger partial charge in [0.1, 0.15) is 17.8 Å². The minimum atomic E-state index is -0.0336. The van der Waals surface area contributed by atoms with Crippen LogP contribution in [0.4, 0.5) is 0 Å². The fourth-order valence-corrected chi connectivity index (χ4v) is 4.87. The van der Waals surface area contributed by atoms with Crippen molar-refractivity contribution in [2.24, 2.45) is 5.41 Å². The van der Waals surface area contributed by atoms with Gasteiger partial charge in [-0.25, -0.2) is 15.0 Å². The van der Waals surface area contributed by atoms with Gasteiger partial charge in [-0.2, -0.15) is 5.10 Å². The summed E-state index contributed by atoms with van der Waals surface area (Å²) in [6.45, 7) is 8.32. The van der Waals surface area contributed by atoms with Gasteiger partial charge in [0.15, 0.2) is 5.82 Å². The van der Waals surface area contributed by atoms with Gasteiger partial charge in [0.25, 0.3) is 5.91 Å². The molecule has 1 spiro atoms. The second-order valence-corrected chi connectivity index (χ2v) is 9.06. The summed E-state index contributed by atoms with van der Waals surface area (Å²) in [7, 11) is 0. The molecule has 3 aromatic rings. The molecular weight excluding hydrogens is 390 g/mol. The summed E-state index contributed by atoms with van der Waals surface area (Å²) in [6, 6.07) is 12.2. The van der Waals surface area contributed by atoms with Gasteiger partial charge in [-0.05, 0) is 11.6 Å². The molecule has 1 amide bonds. The first-order chi connectivity index (χ1) is 15.0. The van der Waals surface area contributed by atoms with E-state index < -0.39 is 0 Å². The van der Waals surface area contributed by atoms with Crippen LogP contribution in [0.2, 0.25) is 0 Å². The van der Waals surface area contributed by atoms with Crippen LogP contribution in [-0.2, 0) is 6.54 Å². The monoisotopic (exact) mass is 417 g/mol. The maximum absolute atomic E-state index is 12.9. The Morgan fingerprint density at radius 1 is 1.19 bits per heavy atom. The summed E-state index contributed by atoms with van der Waals surface area (Å²) in [5.41, 5.74) is 1.72. The number of aromatic amines is 1. The van der Waals surface area contributed by atoms with Gasteiger partial charge >= 0.3 is 0 Å². The molecule has 2 aliphatic rings. The fraction of sp³-hybridized carbons (Fsp3) is 0.435. The molecule has 8 heteroatoms. The van der Waals surface area contributed by atoms with Crippen molar-refractivity contribution in [2.75, 3.05) is 26.2 Å². The second kappa shape index (κ2) is 7.85. The van der Waals surface area contributed by atoms with E-state index >= 15 is 0 Å². The Morgan fingerprint density at radius 3 is 2.68 bits per heavy atom. The zero-order chi connectivity index (χ0) is 21.4. The lowest BCUT2D eigenvalue weighted by Gasteiger charge is -2.50. The van der Waals surface area contributed by atoms with E-state index in [1.165, 1.54) is 11.9 Å². The van der Waals surface area contributed by atoms with Crippen molar-refractivity contribution in [3.8, 4) is 0 Å². The van der Waals surface area contributed by atoms with Gasteiger partial charge in [-0.1, -0.05) is 44.2 Å². The van der Waals surface area contributed by atoms with E-state index in [0.717, 1.165) is 31.3 Å². The Kier molecular flexibility index (Phi) is 5.02. The standard InChI is InChI=1S/C23H27N7O/c1-16(2)20-26-21(28-27-20)18-11-29(10-17-6-4-3-5-7-17)12-23(18)13-30(14-23)22(31)19-8-9-24-15-25-19/h3-9,15-16,18H,10-14H2,1-2H3,(H,26,27,28). The maximum Gasteiger partial charge on any atom is 0.272 e. The smallest absolute Gasteiger partial charge is 0.272 e. The molecule has 160 valence electrons. The van der Waals surface area contributed by atoms with E-state index in [9.17, 15) is 4.79 Å². The minimum Gasteiger partial charge on any atom is -0.336 e. The number of likely N-dealkylation sites (tertiary alicyclic amines) is 2. The van der Waals surface area contributed by atoms with Crippen molar-refractivity contribution in [3.05, 3.63) is 71.8 Å². The predicted octanol–water partition coefficient (Wildman–Crippen LogP) is 2.46. The zero-order valence-corrected chi connectivity index (χ0v) is 17.9. The largest absolute Gasteiger partial charge is 0.336 e. The molecular formula is C23H27N7O. The van der Waals surface area contributed by atoms with Crippen LogP contribution in [0.15, 0.2) is 48.9 Å². The Hall–Kier alpha value is -3.13. The van der Waals surface area contributed by atoms with Crippen LogP contribution in [0.25, 0.3) is 0 Å². The fourth-order valence-electron chi connectivity index (χ4n) is 4.87. The molecule has 0 radical (unpaired) electrons. The number of hydrogen-bond acceptors (Lipinski definition) is 6. The molecule has 0 aliphatic carbocycles. The first-order valence-corrected chi connectivity index (χ1v) is 10.8. The highest BCUT2D eigenvalue weighted by Gasteiger charge is 2.57. The Morgan fingerprint density at radius 2 is 2.00 bits per heavy atom. The van der Waals surface area contributed by atoms with E-state index in [1.54, 1.807) is 12.3 Å². The number of rotatable bonds is 5. The molecule has 0 bridgehead atoms. The molecule has 31 heavy (non-hydrogen) atoms. The molecule has 2 aromatic heterocycles. The summed E-state index contributed by atoms with van der Waals surface area (Å²) >= 11 is 0. The van der Waals surface area contributed by atoms with Gasteiger partial charge < -0.3 is 4.90 Å². The number of nitrogens with one attached hydrogen (secondary N) is 1. The molecule has 1 atom stereocenters. The van der Waals surface area contributed by atoms with Crippen LogP contribution in [-0.4, -0.2) is 67.0 Å². The van der Waals surface area contributed by atoms with Crippen LogP contribution >= 0.6 is 0 Å². The van der Waals surface area contributed by atoms with Gasteiger partial charge in [-0.15, -0.1) is 0 Å². The molecule has 5 rings (SSSR count). The number of carbonyl (C=O) groups excluding carboxylic acids is 1. The number of hydrogen-bond donors (Lipinski definition) is 1. The van der Waals surface area contributed by atoms with Crippen molar-refractivity contribution in [1.82, 2.24) is 34.9 Å². The number of amides is 1. The van der Waals surface area contributed by atoms with Crippen molar-refractivity contribution in [3.63, 3.8) is 0 Å². The third kappa shape index (κ3) is 3.72. The number of aromatic nitrogens is 5. The molecule has 4 heterocycles. The summed E-state index contributed by atoms with van der Waals surface area (Å²) < 4.78 is 0. The minimum absolute atomic E-state index is 0.0226. The third-order valence-corrected chi connectivity index (χ3v) is 6.43. The quantitative estimate of drug-likeness (QED) is 0.686. The number of H-pyrrole nitrogens is 1. The van der Waals surface area contributed by atoms with E-state index in [-0.39, 0.29) is 23.2 Å². The Bertz CT molecular complexity index is 1040. The maximum atomic E-state index is 12.9. The van der Waals surface area contributed by atoms with Crippen LogP contribution in [0, 0.1) is 5.41 Å². The summed E-state index contributed by atoms with van der Waals surface area (Å²) in [5, 5.41) is 7.64. The lowest BCUT2D eigenvalue weighted by atomic mass is 9.71. The molecule has 1 unspecified atom stereocenters. The third-order valence-electron chi connectivity index (χ3n) is 6.43. The van der Waals surface area contributed by atoms with E-state index in [1.807, 2.05) is 11.0 Å². The average Bonchev–Trinajstić information content (AvgIpc) is 3.39. The molecule has 8 nitrogen and oxygen atoms in total. The highest BCUT2D eigenvalue weighted by atomic mass is 16.2. The van der Waals surface area contributed by atoms with Crippen molar-refractivity contribution in [2.45, 2.75) is 32.2 Å². The van der Waals surface area contributed by atoms with Crippen LogP contribution in [0.5, 0.6) is 0 Å². The second-order valence-electron chi connectivity index (χ2n) is 9.06. The molecule has 1 aromatic carbocycles. The van der Waals surface area contributed by atoms with Gasteiger partial charge in [-0.3, -0.25) is 14.8 Å². The SMILES string of the molecule is CC(C)c1n[nH]c(C2CN(Cc3ccccc3)CC23CN(C(=O)c2ccncn2)C3)n1. The predicted molar refractivity (Wildman–Crippen MR) is 115 cm³/mol. The normalized spacial score (nSPS) is 20.4. The van der Waals surface area contributed by atoms with Crippen molar-refractivity contribution in [1.29, 1.82) is 0 Å². The van der Waals surface area contributed by atoms with Gasteiger partial charge in [0, 0.05) is 56.2 Å². The number of benzene rings is 1. The summed E-state index contributed by atoms with van der Waals surface area (Å²) in [6.07, 6.45) is 3.03. The van der Waals surface area contributed by atoms with Crippen molar-refractivity contribution >= 4 is 5.91 Å². The first-order valence-electron chi connectivity index (χ1n) is 10.8. The highest BCUT2D eigenvalue weighted by molar-refractivity contribution is 5.92. The van der Waals surface area contributed by atoms with Crippen LogP contribution in [0.3, 0.4) is 0 Å². The van der Waals surface area contributed by atoms with Gasteiger partial charge in [0.05, 0.1) is 0 Å². The summed E-state index contributed by atoms with van der Waals surface area (Å²) in [5.74, 6) is 2.24. The molecule has 2 fully saturated rings. The summed E-state index contributed by atoms with van der Waals surface area (Å²) in [4.78, 5) is 30.1. The first kappa shape index (κ1) is 19.8.